The second kappa shape index (κ2) is 7.79. The van der Waals surface area contributed by atoms with Gasteiger partial charge in [0.15, 0.2) is 11.5 Å². The van der Waals surface area contributed by atoms with Crippen molar-refractivity contribution >= 4 is 11.6 Å². The van der Waals surface area contributed by atoms with Gasteiger partial charge in [-0.05, 0) is 30.7 Å². The molecule has 1 amide bonds. The fourth-order valence-electron chi connectivity index (χ4n) is 2.61. The largest absolute Gasteiger partial charge is 0.497 e. The Labute approximate surface area is 146 Å². The zero-order chi connectivity index (χ0) is 17.6. The monoisotopic (exact) mass is 343 g/mol. The minimum absolute atomic E-state index is 0.106. The molecule has 132 valence electrons. The van der Waals surface area contributed by atoms with Gasteiger partial charge in [-0.25, -0.2) is 0 Å². The number of para-hydroxylation sites is 2. The Morgan fingerprint density at radius 3 is 2.72 bits per heavy atom. The Balaban J connectivity index is 1.54. The molecule has 1 heterocycles. The summed E-state index contributed by atoms with van der Waals surface area (Å²) in [6.07, 6.45) is 0.753. The average Bonchev–Trinajstić information content (AvgIpc) is 2.66. The van der Waals surface area contributed by atoms with E-state index in [-0.39, 0.29) is 12.0 Å². The molecule has 6 heteroatoms. The van der Waals surface area contributed by atoms with Crippen molar-refractivity contribution in [3.05, 3.63) is 42.5 Å². The molecule has 0 bridgehead atoms. The van der Waals surface area contributed by atoms with Gasteiger partial charge in [0.1, 0.15) is 24.2 Å². The van der Waals surface area contributed by atoms with Crippen molar-refractivity contribution in [1.29, 1.82) is 0 Å². The standard InChI is InChI=1S/C19H21NO5/c1-22-13-7-9-15(18(11-13)23-2)20-19(21)10-8-14-12-24-16-5-3-4-6-17(16)25-14/h3-7,9,11,14H,8,10,12H2,1-2H3,(H,20,21)/t14-/m1/s1. The van der Waals surface area contributed by atoms with Crippen molar-refractivity contribution in [1.82, 2.24) is 0 Å². The molecule has 0 aliphatic carbocycles. The van der Waals surface area contributed by atoms with Crippen LogP contribution < -0.4 is 24.3 Å². The smallest absolute Gasteiger partial charge is 0.224 e. The lowest BCUT2D eigenvalue weighted by Gasteiger charge is -2.26. The second-order valence-corrected chi connectivity index (χ2v) is 5.65. The van der Waals surface area contributed by atoms with Crippen LogP contribution >= 0.6 is 0 Å². The molecule has 0 aromatic heterocycles. The van der Waals surface area contributed by atoms with Crippen molar-refractivity contribution in [2.24, 2.45) is 0 Å². The number of hydrogen-bond donors (Lipinski definition) is 1. The predicted molar refractivity (Wildman–Crippen MR) is 93.8 cm³/mol. The molecule has 1 aliphatic heterocycles. The zero-order valence-corrected chi connectivity index (χ0v) is 14.3. The highest BCUT2D eigenvalue weighted by atomic mass is 16.6. The van der Waals surface area contributed by atoms with E-state index < -0.39 is 0 Å². The van der Waals surface area contributed by atoms with Gasteiger partial charge in [0.25, 0.3) is 0 Å². The molecule has 25 heavy (non-hydrogen) atoms. The summed E-state index contributed by atoms with van der Waals surface area (Å²) in [5, 5.41) is 2.86. The van der Waals surface area contributed by atoms with Crippen LogP contribution in [0.15, 0.2) is 42.5 Å². The van der Waals surface area contributed by atoms with E-state index >= 15 is 0 Å². The first-order chi connectivity index (χ1) is 12.2. The van der Waals surface area contributed by atoms with Crippen molar-refractivity contribution < 1.29 is 23.7 Å². The van der Waals surface area contributed by atoms with Crippen molar-refractivity contribution in [2.75, 3.05) is 26.1 Å². The number of ether oxygens (including phenoxy) is 4. The summed E-state index contributed by atoms with van der Waals surface area (Å²) in [5.41, 5.74) is 0.611. The Hall–Kier alpha value is -2.89. The van der Waals surface area contributed by atoms with E-state index in [9.17, 15) is 4.79 Å². The first kappa shape index (κ1) is 17.0. The fraction of sp³-hybridized carbons (Fsp3) is 0.316. The fourth-order valence-corrected chi connectivity index (χ4v) is 2.61. The number of methoxy groups -OCH3 is 2. The van der Waals surface area contributed by atoms with Crippen LogP contribution in [0.4, 0.5) is 5.69 Å². The van der Waals surface area contributed by atoms with E-state index in [1.165, 1.54) is 0 Å². The van der Waals surface area contributed by atoms with E-state index in [0.29, 0.717) is 36.6 Å². The van der Waals surface area contributed by atoms with Crippen LogP contribution in [0.1, 0.15) is 12.8 Å². The van der Waals surface area contributed by atoms with Crippen LogP contribution in [0.3, 0.4) is 0 Å². The average molecular weight is 343 g/mol. The maximum atomic E-state index is 12.2. The number of nitrogens with one attached hydrogen (secondary N) is 1. The molecule has 1 N–H and O–H groups in total. The van der Waals surface area contributed by atoms with Gasteiger partial charge in [-0.3, -0.25) is 4.79 Å². The van der Waals surface area contributed by atoms with Crippen LogP contribution in [0.5, 0.6) is 23.0 Å². The van der Waals surface area contributed by atoms with Gasteiger partial charge in [0, 0.05) is 12.5 Å². The lowest BCUT2D eigenvalue weighted by atomic mass is 10.1. The van der Waals surface area contributed by atoms with Gasteiger partial charge in [0.05, 0.1) is 19.9 Å². The van der Waals surface area contributed by atoms with Crippen molar-refractivity contribution in [2.45, 2.75) is 18.9 Å². The molecule has 6 nitrogen and oxygen atoms in total. The number of fused-ring (bicyclic) bond motifs is 1. The van der Waals surface area contributed by atoms with Crippen LogP contribution in [0, 0.1) is 0 Å². The lowest BCUT2D eigenvalue weighted by molar-refractivity contribution is -0.116. The third-order valence-corrected chi connectivity index (χ3v) is 3.94. The number of amides is 1. The third kappa shape index (κ3) is 4.15. The second-order valence-electron chi connectivity index (χ2n) is 5.65. The van der Waals surface area contributed by atoms with Gasteiger partial charge in [-0.15, -0.1) is 0 Å². The van der Waals surface area contributed by atoms with Gasteiger partial charge in [-0.2, -0.15) is 0 Å². The molecule has 0 radical (unpaired) electrons. The molecule has 0 unspecified atom stereocenters. The van der Waals surface area contributed by atoms with Gasteiger partial charge in [-0.1, -0.05) is 12.1 Å². The topological polar surface area (TPSA) is 66.0 Å². The highest BCUT2D eigenvalue weighted by Crippen LogP contribution is 2.32. The van der Waals surface area contributed by atoms with E-state index in [4.69, 9.17) is 18.9 Å². The van der Waals surface area contributed by atoms with E-state index in [1.54, 1.807) is 32.4 Å². The maximum Gasteiger partial charge on any atom is 0.224 e. The molecule has 0 saturated heterocycles. The molecule has 1 atom stereocenters. The Morgan fingerprint density at radius 1 is 1.16 bits per heavy atom. The highest BCUT2D eigenvalue weighted by Gasteiger charge is 2.21. The molecule has 2 aromatic carbocycles. The Bertz CT molecular complexity index is 746. The van der Waals surface area contributed by atoms with Crippen LogP contribution in [0.2, 0.25) is 0 Å². The molecule has 3 rings (SSSR count). The van der Waals surface area contributed by atoms with Crippen molar-refractivity contribution in [3.63, 3.8) is 0 Å². The number of carbonyl (C=O) groups is 1. The lowest BCUT2D eigenvalue weighted by Crippen LogP contribution is -2.30. The number of rotatable bonds is 6. The molecule has 0 spiro atoms. The van der Waals surface area contributed by atoms with E-state index in [2.05, 4.69) is 5.32 Å². The summed E-state index contributed by atoms with van der Waals surface area (Å²) in [4.78, 5) is 12.2. The predicted octanol–water partition coefficient (Wildman–Crippen LogP) is 3.26. The normalized spacial score (nSPS) is 15.4. The SMILES string of the molecule is COc1ccc(NC(=O)CC[C@@H]2COc3ccccc3O2)c(OC)c1. The van der Waals surface area contributed by atoms with Gasteiger partial charge in [0.2, 0.25) is 5.91 Å². The summed E-state index contributed by atoms with van der Waals surface area (Å²) in [7, 11) is 3.13. The molecular weight excluding hydrogens is 322 g/mol. The molecule has 1 aliphatic rings. The van der Waals surface area contributed by atoms with Crippen molar-refractivity contribution in [3.8, 4) is 23.0 Å². The Morgan fingerprint density at radius 2 is 1.96 bits per heavy atom. The quantitative estimate of drug-likeness (QED) is 0.872. The number of benzene rings is 2. The first-order valence-corrected chi connectivity index (χ1v) is 8.10. The summed E-state index contributed by atoms with van der Waals surface area (Å²) in [6, 6.07) is 12.8. The van der Waals surface area contributed by atoms with E-state index in [1.807, 2.05) is 24.3 Å². The summed E-state index contributed by atoms with van der Waals surface area (Å²) >= 11 is 0. The first-order valence-electron chi connectivity index (χ1n) is 8.10. The molecular formula is C19H21NO5. The maximum absolute atomic E-state index is 12.2. The summed E-state index contributed by atoms with van der Waals surface area (Å²) in [5.74, 6) is 2.58. The van der Waals surface area contributed by atoms with Crippen LogP contribution in [-0.2, 0) is 4.79 Å². The minimum Gasteiger partial charge on any atom is -0.497 e. The highest BCUT2D eigenvalue weighted by molar-refractivity contribution is 5.92. The molecule has 2 aromatic rings. The van der Waals surface area contributed by atoms with E-state index in [0.717, 1.165) is 11.5 Å². The van der Waals surface area contributed by atoms with Gasteiger partial charge >= 0.3 is 0 Å². The zero-order valence-electron chi connectivity index (χ0n) is 14.3. The number of carbonyl (C=O) groups excluding carboxylic acids is 1. The Kier molecular flexibility index (Phi) is 5.28. The summed E-state index contributed by atoms with van der Waals surface area (Å²) in [6.45, 7) is 0.441. The summed E-state index contributed by atoms with van der Waals surface area (Å²) < 4.78 is 22.0. The minimum atomic E-state index is -0.140. The number of hydrogen-bond acceptors (Lipinski definition) is 5. The van der Waals surface area contributed by atoms with Gasteiger partial charge < -0.3 is 24.3 Å². The molecule has 0 saturated carbocycles. The number of anilines is 1. The molecule has 0 fully saturated rings. The van der Waals surface area contributed by atoms with Crippen LogP contribution in [0.25, 0.3) is 0 Å². The van der Waals surface area contributed by atoms with Crippen LogP contribution in [-0.4, -0.2) is 32.8 Å². The third-order valence-electron chi connectivity index (χ3n) is 3.94.